The molecule has 0 aliphatic rings. The third kappa shape index (κ3) is 5.08. The molecular formula is C19H23ClN2O. The predicted octanol–water partition coefficient (Wildman–Crippen LogP) is 3.96. The van der Waals surface area contributed by atoms with Crippen LogP contribution >= 0.6 is 11.6 Å². The highest BCUT2D eigenvalue weighted by Crippen LogP contribution is 2.21. The molecule has 2 aromatic rings. The van der Waals surface area contributed by atoms with Crippen molar-refractivity contribution in [2.75, 3.05) is 13.6 Å². The summed E-state index contributed by atoms with van der Waals surface area (Å²) in [5.41, 5.74) is 3.44. The van der Waals surface area contributed by atoms with Crippen LogP contribution in [0.5, 0.6) is 0 Å². The number of carbonyl (C=O) groups is 1. The number of halogens is 1. The molecule has 2 aromatic carbocycles. The Bertz CT molecular complexity index is 672. The fraction of sp³-hybridized carbons (Fsp3) is 0.316. The Kier molecular flexibility index (Phi) is 6.20. The van der Waals surface area contributed by atoms with E-state index in [4.69, 9.17) is 11.6 Å². The van der Waals surface area contributed by atoms with Gasteiger partial charge in [-0.15, -0.1) is 0 Å². The number of amides is 1. The number of likely N-dealkylation sites (N-methyl/N-ethyl adjacent to an activating group) is 1. The molecule has 0 radical (unpaired) electrons. The molecule has 1 unspecified atom stereocenters. The molecular weight excluding hydrogens is 308 g/mol. The molecule has 0 aliphatic heterocycles. The molecule has 0 spiro atoms. The fourth-order valence-electron chi connectivity index (χ4n) is 2.44. The van der Waals surface area contributed by atoms with Crippen LogP contribution in [0.15, 0.2) is 48.5 Å². The van der Waals surface area contributed by atoms with Crippen LogP contribution in [0.2, 0.25) is 5.02 Å². The zero-order valence-electron chi connectivity index (χ0n) is 13.8. The second-order valence-corrected chi connectivity index (χ2v) is 6.29. The van der Waals surface area contributed by atoms with Crippen molar-refractivity contribution in [3.05, 3.63) is 70.2 Å². The first kappa shape index (κ1) is 17.5. The number of nitrogens with zero attached hydrogens (tertiary/aromatic N) is 1. The van der Waals surface area contributed by atoms with Crippen LogP contribution in [0.3, 0.4) is 0 Å². The van der Waals surface area contributed by atoms with E-state index in [-0.39, 0.29) is 11.9 Å². The average Bonchev–Trinajstić information content (AvgIpc) is 2.53. The molecule has 0 bridgehead atoms. The fourth-order valence-corrected chi connectivity index (χ4v) is 2.64. The number of carbonyl (C=O) groups excluding carboxylic acids is 1. The van der Waals surface area contributed by atoms with Crippen molar-refractivity contribution >= 4 is 17.5 Å². The van der Waals surface area contributed by atoms with E-state index in [1.807, 2.05) is 54.4 Å². The number of benzene rings is 2. The molecule has 0 aliphatic carbocycles. The van der Waals surface area contributed by atoms with E-state index >= 15 is 0 Å². The summed E-state index contributed by atoms with van der Waals surface area (Å²) >= 11 is 6.03. The Balaban J connectivity index is 1.88. The smallest absolute Gasteiger partial charge is 0.234 e. The van der Waals surface area contributed by atoms with Crippen molar-refractivity contribution in [1.29, 1.82) is 0 Å². The van der Waals surface area contributed by atoms with Gasteiger partial charge in [-0.1, -0.05) is 48.0 Å². The molecule has 3 nitrogen and oxygen atoms in total. The van der Waals surface area contributed by atoms with Crippen LogP contribution in [0.1, 0.15) is 29.7 Å². The number of hydrogen-bond acceptors (Lipinski definition) is 2. The van der Waals surface area contributed by atoms with Gasteiger partial charge in [0, 0.05) is 17.6 Å². The quantitative estimate of drug-likeness (QED) is 0.869. The minimum atomic E-state index is 0.0182. The van der Waals surface area contributed by atoms with Crippen LogP contribution in [-0.2, 0) is 11.3 Å². The van der Waals surface area contributed by atoms with Gasteiger partial charge in [0.15, 0.2) is 0 Å². The minimum absolute atomic E-state index is 0.0182. The average molecular weight is 331 g/mol. The zero-order chi connectivity index (χ0) is 16.8. The third-order valence-corrected chi connectivity index (χ3v) is 4.36. The van der Waals surface area contributed by atoms with Crippen LogP contribution in [-0.4, -0.2) is 24.4 Å². The molecule has 23 heavy (non-hydrogen) atoms. The van der Waals surface area contributed by atoms with Crippen molar-refractivity contribution in [3.8, 4) is 0 Å². The normalized spacial score (nSPS) is 12.2. The molecule has 0 aromatic heterocycles. The predicted molar refractivity (Wildman–Crippen MR) is 95.5 cm³/mol. The van der Waals surface area contributed by atoms with E-state index in [1.165, 1.54) is 5.56 Å². The molecule has 122 valence electrons. The summed E-state index contributed by atoms with van der Waals surface area (Å²) in [5.74, 6) is 0.0182. The van der Waals surface area contributed by atoms with Gasteiger partial charge in [0.25, 0.3) is 0 Å². The van der Waals surface area contributed by atoms with Gasteiger partial charge >= 0.3 is 0 Å². The molecule has 0 heterocycles. The lowest BCUT2D eigenvalue weighted by Crippen LogP contribution is -2.36. The van der Waals surface area contributed by atoms with Crippen LogP contribution in [0, 0.1) is 6.92 Å². The van der Waals surface area contributed by atoms with E-state index in [0.717, 1.165) is 11.1 Å². The number of aryl methyl sites for hydroxylation is 1. The van der Waals surface area contributed by atoms with Crippen LogP contribution < -0.4 is 5.32 Å². The second-order valence-electron chi connectivity index (χ2n) is 5.85. The Morgan fingerprint density at radius 2 is 1.96 bits per heavy atom. The van der Waals surface area contributed by atoms with Gasteiger partial charge in [-0.3, -0.25) is 9.69 Å². The van der Waals surface area contributed by atoms with E-state index in [9.17, 15) is 4.79 Å². The molecule has 0 fully saturated rings. The van der Waals surface area contributed by atoms with Gasteiger partial charge in [-0.25, -0.2) is 0 Å². The summed E-state index contributed by atoms with van der Waals surface area (Å²) in [5, 5.41) is 3.70. The van der Waals surface area contributed by atoms with Crippen molar-refractivity contribution in [2.24, 2.45) is 0 Å². The lowest BCUT2D eigenvalue weighted by Gasteiger charge is -2.24. The molecule has 1 atom stereocenters. The Labute approximate surface area is 143 Å². The molecule has 1 amide bonds. The number of hydrogen-bond donors (Lipinski definition) is 1. The summed E-state index contributed by atoms with van der Waals surface area (Å²) in [6, 6.07) is 15.9. The first-order valence-electron chi connectivity index (χ1n) is 7.74. The molecule has 0 saturated heterocycles. The maximum atomic E-state index is 12.2. The zero-order valence-corrected chi connectivity index (χ0v) is 14.6. The Morgan fingerprint density at radius 3 is 2.65 bits per heavy atom. The minimum Gasteiger partial charge on any atom is -0.351 e. The molecule has 2 rings (SSSR count). The Morgan fingerprint density at radius 1 is 1.22 bits per heavy atom. The summed E-state index contributed by atoms with van der Waals surface area (Å²) in [4.78, 5) is 14.2. The molecule has 1 N–H and O–H groups in total. The van der Waals surface area contributed by atoms with Gasteiger partial charge in [-0.05, 0) is 49.7 Å². The van der Waals surface area contributed by atoms with Gasteiger partial charge in [0.1, 0.15) is 0 Å². The van der Waals surface area contributed by atoms with E-state index in [0.29, 0.717) is 18.1 Å². The molecule has 0 saturated carbocycles. The summed E-state index contributed by atoms with van der Waals surface area (Å²) in [7, 11) is 1.94. The maximum absolute atomic E-state index is 12.2. The van der Waals surface area contributed by atoms with Crippen molar-refractivity contribution in [1.82, 2.24) is 10.2 Å². The Hall–Kier alpha value is -1.84. The highest BCUT2D eigenvalue weighted by atomic mass is 35.5. The van der Waals surface area contributed by atoms with Crippen molar-refractivity contribution in [3.63, 3.8) is 0 Å². The monoisotopic (exact) mass is 330 g/mol. The van der Waals surface area contributed by atoms with Crippen LogP contribution in [0.25, 0.3) is 0 Å². The van der Waals surface area contributed by atoms with Gasteiger partial charge in [-0.2, -0.15) is 0 Å². The third-order valence-electron chi connectivity index (χ3n) is 4.12. The van der Waals surface area contributed by atoms with Gasteiger partial charge < -0.3 is 5.32 Å². The highest BCUT2D eigenvalue weighted by molar-refractivity contribution is 6.30. The highest BCUT2D eigenvalue weighted by Gasteiger charge is 2.15. The SMILES string of the molecule is Cc1ccccc1CNC(=O)CN(C)C(C)c1cccc(Cl)c1. The van der Waals surface area contributed by atoms with Crippen molar-refractivity contribution < 1.29 is 4.79 Å². The topological polar surface area (TPSA) is 32.3 Å². The standard InChI is InChI=1S/C19H23ClN2O/c1-14-7-4-5-8-17(14)12-21-19(23)13-22(3)15(2)16-9-6-10-18(20)11-16/h4-11,15H,12-13H2,1-3H3,(H,21,23). The first-order valence-corrected chi connectivity index (χ1v) is 8.12. The van der Waals surface area contributed by atoms with E-state index in [2.05, 4.69) is 25.2 Å². The van der Waals surface area contributed by atoms with Gasteiger partial charge in [0.2, 0.25) is 5.91 Å². The maximum Gasteiger partial charge on any atom is 0.234 e. The summed E-state index contributed by atoms with van der Waals surface area (Å²) < 4.78 is 0. The largest absolute Gasteiger partial charge is 0.351 e. The lowest BCUT2D eigenvalue weighted by molar-refractivity contribution is -0.122. The van der Waals surface area contributed by atoms with Gasteiger partial charge in [0.05, 0.1) is 6.54 Å². The summed E-state index contributed by atoms with van der Waals surface area (Å²) in [6.07, 6.45) is 0. The first-order chi connectivity index (χ1) is 11.0. The molecule has 4 heteroatoms. The van der Waals surface area contributed by atoms with E-state index in [1.54, 1.807) is 0 Å². The van der Waals surface area contributed by atoms with Crippen molar-refractivity contribution in [2.45, 2.75) is 26.4 Å². The summed E-state index contributed by atoms with van der Waals surface area (Å²) in [6.45, 7) is 5.03. The van der Waals surface area contributed by atoms with Crippen LogP contribution in [0.4, 0.5) is 0 Å². The lowest BCUT2D eigenvalue weighted by atomic mass is 10.1. The van der Waals surface area contributed by atoms with E-state index < -0.39 is 0 Å². The second kappa shape index (κ2) is 8.14. The number of nitrogens with one attached hydrogen (secondary N) is 1. The number of rotatable bonds is 6.